The van der Waals surface area contributed by atoms with Crippen molar-refractivity contribution in [1.82, 2.24) is 14.6 Å². The molecule has 0 radical (unpaired) electrons. The fourth-order valence-corrected chi connectivity index (χ4v) is 4.57. The van der Waals surface area contributed by atoms with Gasteiger partial charge in [-0.05, 0) is 23.6 Å². The van der Waals surface area contributed by atoms with Crippen LogP contribution in [0.2, 0.25) is 0 Å². The summed E-state index contributed by atoms with van der Waals surface area (Å²) in [6.07, 6.45) is 2.32. The van der Waals surface area contributed by atoms with E-state index in [1.165, 1.54) is 18.9 Å². The summed E-state index contributed by atoms with van der Waals surface area (Å²) in [7, 11) is -2.12. The van der Waals surface area contributed by atoms with Gasteiger partial charge in [-0.25, -0.2) is 13.4 Å². The summed E-state index contributed by atoms with van der Waals surface area (Å²) < 4.78 is 32.8. The van der Waals surface area contributed by atoms with Gasteiger partial charge in [0.25, 0.3) is 0 Å². The number of pyridine rings is 1. The molecule has 7 heteroatoms. The van der Waals surface area contributed by atoms with Crippen LogP contribution >= 0.6 is 0 Å². The van der Waals surface area contributed by atoms with Gasteiger partial charge in [0.1, 0.15) is 4.90 Å². The maximum absolute atomic E-state index is 13.1. The van der Waals surface area contributed by atoms with Crippen molar-refractivity contribution in [2.45, 2.75) is 24.3 Å². The van der Waals surface area contributed by atoms with E-state index in [0.717, 1.165) is 12.0 Å². The van der Waals surface area contributed by atoms with Crippen LogP contribution in [0.5, 0.6) is 5.88 Å². The fourth-order valence-electron chi connectivity index (χ4n) is 3.01. The molecule has 0 spiro atoms. The smallest absolute Gasteiger partial charge is 0.245 e. The minimum absolute atomic E-state index is 0.186. The highest BCUT2D eigenvalue weighted by Crippen LogP contribution is 2.29. The Hall–Kier alpha value is -1.96. The van der Waals surface area contributed by atoms with Crippen LogP contribution in [0.4, 0.5) is 0 Å². The van der Waals surface area contributed by atoms with Gasteiger partial charge in [-0.1, -0.05) is 31.2 Å². The second kappa shape index (κ2) is 7.51. The standard InChI is InChI=1S/C18H23N3O3S/c1-3-14-4-6-15(7-5-14)17-13-19-10-11-21(17)25(22,23)16-8-9-18(24-2)20-12-16/h4-9,12,17,19H,3,10-11,13H2,1-2H3. The molecule has 1 aliphatic heterocycles. The van der Waals surface area contributed by atoms with Crippen LogP contribution in [0.25, 0.3) is 0 Å². The second-order valence-corrected chi connectivity index (χ2v) is 7.86. The lowest BCUT2D eigenvalue weighted by atomic mass is 10.0. The molecule has 0 aliphatic carbocycles. The molecule has 1 aliphatic rings. The Morgan fingerprint density at radius 3 is 2.60 bits per heavy atom. The third kappa shape index (κ3) is 3.68. The number of aromatic nitrogens is 1. The normalized spacial score (nSPS) is 18.9. The number of piperazine rings is 1. The monoisotopic (exact) mass is 361 g/mol. The minimum Gasteiger partial charge on any atom is -0.481 e. The van der Waals surface area contributed by atoms with Gasteiger partial charge in [-0.3, -0.25) is 0 Å². The zero-order valence-corrected chi connectivity index (χ0v) is 15.3. The summed E-state index contributed by atoms with van der Waals surface area (Å²) in [5.41, 5.74) is 2.23. The summed E-state index contributed by atoms with van der Waals surface area (Å²) in [6, 6.07) is 11.0. The third-order valence-corrected chi connectivity index (χ3v) is 6.38. The van der Waals surface area contributed by atoms with Crippen molar-refractivity contribution in [3.8, 4) is 5.88 Å². The molecule has 25 heavy (non-hydrogen) atoms. The molecule has 3 rings (SSSR count). The Bertz CT molecular complexity index is 804. The van der Waals surface area contributed by atoms with Gasteiger partial charge in [0.15, 0.2) is 0 Å². The SMILES string of the molecule is CCc1ccc(C2CNCCN2S(=O)(=O)c2ccc(OC)nc2)cc1. The molecule has 1 aromatic heterocycles. The number of hydrogen-bond donors (Lipinski definition) is 1. The number of sulfonamides is 1. The van der Waals surface area contributed by atoms with E-state index in [0.29, 0.717) is 25.5 Å². The van der Waals surface area contributed by atoms with Crippen LogP contribution in [0.1, 0.15) is 24.1 Å². The van der Waals surface area contributed by atoms with Gasteiger partial charge in [-0.2, -0.15) is 4.31 Å². The highest BCUT2D eigenvalue weighted by Gasteiger charge is 2.34. The number of methoxy groups -OCH3 is 1. The summed E-state index contributed by atoms with van der Waals surface area (Å²) >= 11 is 0. The predicted octanol–water partition coefficient (Wildman–Crippen LogP) is 1.99. The van der Waals surface area contributed by atoms with E-state index in [2.05, 4.69) is 29.4 Å². The molecule has 1 atom stereocenters. The van der Waals surface area contributed by atoms with Gasteiger partial charge in [0, 0.05) is 25.7 Å². The van der Waals surface area contributed by atoms with Crippen molar-refractivity contribution >= 4 is 10.0 Å². The van der Waals surface area contributed by atoms with Crippen molar-refractivity contribution in [3.63, 3.8) is 0 Å². The summed E-state index contributed by atoms with van der Waals surface area (Å²) in [6.45, 7) is 3.75. The quantitative estimate of drug-likeness (QED) is 0.882. The van der Waals surface area contributed by atoms with Gasteiger partial charge in [0.2, 0.25) is 15.9 Å². The molecular formula is C18H23N3O3S. The average Bonchev–Trinajstić information content (AvgIpc) is 2.68. The number of hydrogen-bond acceptors (Lipinski definition) is 5. The Kier molecular flexibility index (Phi) is 5.36. The van der Waals surface area contributed by atoms with Gasteiger partial charge in [-0.15, -0.1) is 0 Å². The highest BCUT2D eigenvalue weighted by atomic mass is 32.2. The lowest BCUT2D eigenvalue weighted by Gasteiger charge is -2.35. The zero-order valence-electron chi connectivity index (χ0n) is 14.5. The molecule has 1 unspecified atom stereocenters. The average molecular weight is 361 g/mol. The lowest BCUT2D eigenvalue weighted by molar-refractivity contribution is 0.271. The fraction of sp³-hybridized carbons (Fsp3) is 0.389. The maximum Gasteiger partial charge on any atom is 0.245 e. The van der Waals surface area contributed by atoms with Crippen LogP contribution < -0.4 is 10.1 Å². The topological polar surface area (TPSA) is 71.5 Å². The third-order valence-electron chi connectivity index (χ3n) is 4.49. The molecule has 6 nitrogen and oxygen atoms in total. The molecular weight excluding hydrogens is 338 g/mol. The maximum atomic E-state index is 13.1. The number of nitrogens with one attached hydrogen (secondary N) is 1. The zero-order chi connectivity index (χ0) is 17.9. The summed E-state index contributed by atoms with van der Waals surface area (Å²) in [5, 5.41) is 3.29. The van der Waals surface area contributed by atoms with Crippen molar-refractivity contribution in [1.29, 1.82) is 0 Å². The number of ether oxygens (including phenoxy) is 1. The number of nitrogens with zero attached hydrogens (tertiary/aromatic N) is 2. The molecule has 1 N–H and O–H groups in total. The lowest BCUT2D eigenvalue weighted by Crippen LogP contribution is -2.48. The Morgan fingerprint density at radius 1 is 1.24 bits per heavy atom. The molecule has 1 aromatic carbocycles. The van der Waals surface area contributed by atoms with Crippen LogP contribution in [-0.4, -0.2) is 44.5 Å². The van der Waals surface area contributed by atoms with E-state index in [9.17, 15) is 8.42 Å². The first-order valence-corrected chi connectivity index (χ1v) is 9.81. The first kappa shape index (κ1) is 17.8. The first-order chi connectivity index (χ1) is 12.1. The number of rotatable bonds is 5. The molecule has 1 saturated heterocycles. The number of aryl methyl sites for hydroxylation is 1. The highest BCUT2D eigenvalue weighted by molar-refractivity contribution is 7.89. The molecule has 0 amide bonds. The van der Waals surface area contributed by atoms with E-state index in [1.807, 2.05) is 12.1 Å². The van der Waals surface area contributed by atoms with Crippen molar-refractivity contribution < 1.29 is 13.2 Å². The van der Waals surface area contributed by atoms with E-state index in [1.54, 1.807) is 16.4 Å². The Morgan fingerprint density at radius 2 is 2.00 bits per heavy atom. The van der Waals surface area contributed by atoms with Crippen LogP contribution in [0.3, 0.4) is 0 Å². The Balaban J connectivity index is 1.93. The molecule has 0 bridgehead atoms. The van der Waals surface area contributed by atoms with E-state index >= 15 is 0 Å². The summed E-state index contributed by atoms with van der Waals surface area (Å²) in [4.78, 5) is 4.22. The molecule has 1 fully saturated rings. The van der Waals surface area contributed by atoms with Gasteiger partial charge < -0.3 is 10.1 Å². The largest absolute Gasteiger partial charge is 0.481 e. The Labute approximate surface area is 148 Å². The van der Waals surface area contributed by atoms with E-state index < -0.39 is 10.0 Å². The van der Waals surface area contributed by atoms with Crippen LogP contribution in [0.15, 0.2) is 47.5 Å². The van der Waals surface area contributed by atoms with Gasteiger partial charge >= 0.3 is 0 Å². The van der Waals surface area contributed by atoms with E-state index in [4.69, 9.17) is 4.74 Å². The molecule has 0 saturated carbocycles. The van der Waals surface area contributed by atoms with Crippen LogP contribution in [0, 0.1) is 0 Å². The van der Waals surface area contributed by atoms with Crippen molar-refractivity contribution in [2.75, 3.05) is 26.7 Å². The van der Waals surface area contributed by atoms with Crippen molar-refractivity contribution in [2.24, 2.45) is 0 Å². The minimum atomic E-state index is -3.62. The predicted molar refractivity (Wildman–Crippen MR) is 96.1 cm³/mol. The van der Waals surface area contributed by atoms with Crippen LogP contribution in [-0.2, 0) is 16.4 Å². The summed E-state index contributed by atoms with van der Waals surface area (Å²) in [5.74, 6) is 0.394. The molecule has 2 heterocycles. The van der Waals surface area contributed by atoms with Crippen molar-refractivity contribution in [3.05, 3.63) is 53.7 Å². The number of benzene rings is 1. The molecule has 134 valence electrons. The first-order valence-electron chi connectivity index (χ1n) is 8.37. The molecule has 2 aromatic rings. The van der Waals surface area contributed by atoms with E-state index in [-0.39, 0.29) is 10.9 Å². The second-order valence-electron chi connectivity index (χ2n) is 5.97. The van der Waals surface area contributed by atoms with Gasteiger partial charge in [0.05, 0.1) is 19.3 Å².